The number of hydrogen-bond donors (Lipinski definition) is 1. The van der Waals surface area contributed by atoms with Gasteiger partial charge < -0.3 is 5.32 Å². The highest BCUT2D eigenvalue weighted by atomic mass is 19.4. The SMILES string of the molecule is CC1(C)CC(=O)C2=C(C1)Nc1ncc(C(F)(F)F)c(F)c1[C@]2(C)c1ccccc1. The number of fused-ring (bicyclic) bond motifs is 1. The third-order valence-electron chi connectivity index (χ3n) is 5.82. The number of anilines is 1. The van der Waals surface area contributed by atoms with Gasteiger partial charge in [0.1, 0.15) is 17.2 Å². The fourth-order valence-electron chi connectivity index (χ4n) is 4.57. The Balaban J connectivity index is 2.07. The van der Waals surface area contributed by atoms with E-state index in [0.29, 0.717) is 29.5 Å². The van der Waals surface area contributed by atoms with Gasteiger partial charge in [-0.05, 0) is 24.3 Å². The summed E-state index contributed by atoms with van der Waals surface area (Å²) in [5, 5.41) is 2.97. The summed E-state index contributed by atoms with van der Waals surface area (Å²) in [6, 6.07) is 8.60. The number of alkyl halides is 3. The number of aromatic nitrogens is 1. The minimum absolute atomic E-state index is 0.0195. The number of rotatable bonds is 1. The molecule has 0 bridgehead atoms. The Morgan fingerprint density at radius 1 is 1.07 bits per heavy atom. The minimum atomic E-state index is -4.89. The van der Waals surface area contributed by atoms with Crippen LogP contribution in [0.25, 0.3) is 0 Å². The van der Waals surface area contributed by atoms with Gasteiger partial charge in [-0.2, -0.15) is 13.2 Å². The van der Waals surface area contributed by atoms with Gasteiger partial charge in [-0.1, -0.05) is 44.2 Å². The molecular weight excluding hydrogens is 384 g/mol. The standard InChI is InChI=1S/C22H20F4N2O/c1-20(2)9-14-16(15(29)10-20)21(3,12-7-5-4-6-8-12)17-18(23)13(22(24,25)26)11-27-19(17)28-14/h4-8,11H,9-10H2,1-3H3,(H,27,28)/t21-/m1/s1. The number of carbonyl (C=O) groups is 1. The van der Waals surface area contributed by atoms with Crippen molar-refractivity contribution in [3.8, 4) is 0 Å². The van der Waals surface area contributed by atoms with Gasteiger partial charge >= 0.3 is 6.18 Å². The average Bonchev–Trinajstić information content (AvgIpc) is 2.59. The van der Waals surface area contributed by atoms with Gasteiger partial charge in [-0.15, -0.1) is 0 Å². The van der Waals surface area contributed by atoms with E-state index in [1.807, 2.05) is 13.8 Å². The van der Waals surface area contributed by atoms with E-state index in [1.165, 1.54) is 0 Å². The van der Waals surface area contributed by atoms with E-state index in [1.54, 1.807) is 37.3 Å². The number of carbonyl (C=O) groups excluding carboxylic acids is 1. The molecule has 0 spiro atoms. The molecule has 2 aromatic rings. The first-order valence-electron chi connectivity index (χ1n) is 9.31. The van der Waals surface area contributed by atoms with Gasteiger partial charge in [-0.25, -0.2) is 9.37 Å². The monoisotopic (exact) mass is 404 g/mol. The smallest absolute Gasteiger partial charge is 0.343 e. The highest BCUT2D eigenvalue weighted by Crippen LogP contribution is 2.53. The third-order valence-corrected chi connectivity index (χ3v) is 5.82. The van der Waals surface area contributed by atoms with Gasteiger partial charge in [0.05, 0.1) is 5.41 Å². The molecule has 0 amide bonds. The highest BCUT2D eigenvalue weighted by molar-refractivity contribution is 6.02. The lowest BCUT2D eigenvalue weighted by Crippen LogP contribution is -2.43. The minimum Gasteiger partial charge on any atom is -0.343 e. The summed E-state index contributed by atoms with van der Waals surface area (Å²) in [6.07, 6.45) is -3.63. The van der Waals surface area contributed by atoms with Crippen LogP contribution in [0.4, 0.5) is 23.4 Å². The van der Waals surface area contributed by atoms with Crippen LogP contribution < -0.4 is 5.32 Å². The first kappa shape index (κ1) is 19.6. The molecule has 1 aromatic carbocycles. The summed E-state index contributed by atoms with van der Waals surface area (Å²) in [5.74, 6) is -1.57. The Kier molecular flexibility index (Phi) is 4.16. The van der Waals surface area contributed by atoms with E-state index < -0.39 is 23.0 Å². The van der Waals surface area contributed by atoms with Gasteiger partial charge in [-0.3, -0.25) is 4.79 Å². The molecule has 0 saturated carbocycles. The van der Waals surface area contributed by atoms with Crippen LogP contribution in [-0.2, 0) is 16.4 Å². The Morgan fingerprint density at radius 3 is 2.34 bits per heavy atom. The predicted molar refractivity (Wildman–Crippen MR) is 101 cm³/mol. The molecular formula is C22H20F4N2O. The summed E-state index contributed by atoms with van der Waals surface area (Å²) >= 11 is 0. The van der Waals surface area contributed by atoms with Crippen molar-refractivity contribution >= 4 is 11.6 Å². The number of hydrogen-bond acceptors (Lipinski definition) is 3. The molecule has 152 valence electrons. The molecule has 2 aliphatic rings. The largest absolute Gasteiger partial charge is 0.420 e. The molecule has 1 N–H and O–H groups in total. The van der Waals surface area contributed by atoms with Crippen molar-refractivity contribution in [2.45, 2.75) is 45.2 Å². The van der Waals surface area contributed by atoms with Crippen molar-refractivity contribution in [1.29, 1.82) is 0 Å². The summed E-state index contributed by atoms with van der Waals surface area (Å²) in [7, 11) is 0. The van der Waals surface area contributed by atoms with Crippen LogP contribution in [0.15, 0.2) is 47.8 Å². The quantitative estimate of drug-likeness (QED) is 0.628. The summed E-state index contributed by atoms with van der Waals surface area (Å²) in [6.45, 7) is 5.51. The van der Waals surface area contributed by atoms with E-state index in [-0.39, 0.29) is 29.0 Å². The molecule has 4 rings (SSSR count). The number of pyridine rings is 1. The van der Waals surface area contributed by atoms with Crippen molar-refractivity contribution in [3.63, 3.8) is 0 Å². The van der Waals surface area contributed by atoms with Crippen LogP contribution in [-0.4, -0.2) is 10.8 Å². The first-order chi connectivity index (χ1) is 13.4. The van der Waals surface area contributed by atoms with Gasteiger partial charge in [0.25, 0.3) is 0 Å². The Morgan fingerprint density at radius 2 is 1.72 bits per heavy atom. The van der Waals surface area contributed by atoms with Crippen LogP contribution in [0.5, 0.6) is 0 Å². The van der Waals surface area contributed by atoms with Crippen molar-refractivity contribution in [2.75, 3.05) is 5.32 Å². The number of Topliss-reactive ketones (excluding diaryl/α,β-unsaturated/α-hetero) is 1. The molecule has 3 nitrogen and oxygen atoms in total. The summed E-state index contributed by atoms with van der Waals surface area (Å²) in [5.41, 5.74) is -1.93. The molecule has 0 fully saturated rings. The van der Waals surface area contributed by atoms with E-state index >= 15 is 4.39 Å². The second kappa shape index (κ2) is 6.15. The molecule has 1 aliphatic carbocycles. The number of ketones is 1. The molecule has 0 saturated heterocycles. The fourth-order valence-corrected chi connectivity index (χ4v) is 4.57. The molecule has 1 atom stereocenters. The third kappa shape index (κ3) is 2.94. The predicted octanol–water partition coefficient (Wildman–Crippen LogP) is 5.61. The summed E-state index contributed by atoms with van der Waals surface area (Å²) < 4.78 is 55.6. The number of allylic oxidation sites excluding steroid dienone is 2. The van der Waals surface area contributed by atoms with E-state index in [9.17, 15) is 18.0 Å². The lowest BCUT2D eigenvalue weighted by atomic mass is 9.61. The Hall–Kier alpha value is -2.70. The van der Waals surface area contributed by atoms with Gasteiger partial charge in [0, 0.05) is 29.5 Å². The van der Waals surface area contributed by atoms with Crippen molar-refractivity contribution in [2.24, 2.45) is 5.41 Å². The first-order valence-corrected chi connectivity index (χ1v) is 9.31. The van der Waals surface area contributed by atoms with Crippen LogP contribution in [0.2, 0.25) is 0 Å². The number of halogens is 4. The lowest BCUT2D eigenvalue weighted by Gasteiger charge is -2.44. The van der Waals surface area contributed by atoms with Crippen molar-refractivity contribution in [3.05, 3.63) is 70.3 Å². The maximum atomic E-state index is 15.3. The topological polar surface area (TPSA) is 42.0 Å². The second-order valence-electron chi connectivity index (χ2n) is 8.62. The maximum Gasteiger partial charge on any atom is 0.420 e. The molecule has 0 unspecified atom stereocenters. The van der Waals surface area contributed by atoms with Crippen LogP contribution >= 0.6 is 0 Å². The lowest BCUT2D eigenvalue weighted by molar-refractivity contribution is -0.140. The number of nitrogens with one attached hydrogen (secondary N) is 1. The highest BCUT2D eigenvalue weighted by Gasteiger charge is 2.51. The number of benzene rings is 1. The van der Waals surface area contributed by atoms with Crippen LogP contribution in [0.3, 0.4) is 0 Å². The zero-order chi connectivity index (χ0) is 21.2. The normalized spacial score (nSPS) is 23.3. The second-order valence-corrected chi connectivity index (χ2v) is 8.62. The van der Waals surface area contributed by atoms with Gasteiger partial charge in [0.15, 0.2) is 5.78 Å². The maximum absolute atomic E-state index is 15.3. The average molecular weight is 404 g/mol. The molecule has 0 radical (unpaired) electrons. The molecule has 1 aromatic heterocycles. The Bertz CT molecular complexity index is 1040. The fraction of sp³-hybridized carbons (Fsp3) is 0.364. The zero-order valence-electron chi connectivity index (χ0n) is 16.2. The summed E-state index contributed by atoms with van der Waals surface area (Å²) in [4.78, 5) is 17.1. The van der Waals surface area contributed by atoms with E-state index in [0.717, 1.165) is 0 Å². The van der Waals surface area contributed by atoms with Crippen LogP contribution in [0, 0.1) is 11.2 Å². The molecule has 2 heterocycles. The zero-order valence-corrected chi connectivity index (χ0v) is 16.2. The van der Waals surface area contributed by atoms with Crippen LogP contribution in [0.1, 0.15) is 50.3 Å². The van der Waals surface area contributed by atoms with E-state index in [4.69, 9.17) is 0 Å². The van der Waals surface area contributed by atoms with Crippen molar-refractivity contribution in [1.82, 2.24) is 4.98 Å². The molecule has 29 heavy (non-hydrogen) atoms. The Labute approximate surface area is 165 Å². The number of nitrogens with zero attached hydrogens (tertiary/aromatic N) is 1. The molecule has 7 heteroatoms. The van der Waals surface area contributed by atoms with Gasteiger partial charge in [0.2, 0.25) is 0 Å². The van der Waals surface area contributed by atoms with E-state index in [2.05, 4.69) is 10.3 Å². The molecule has 1 aliphatic heterocycles. The van der Waals surface area contributed by atoms with Crippen molar-refractivity contribution < 1.29 is 22.4 Å².